The van der Waals surface area contributed by atoms with Gasteiger partial charge in [0.15, 0.2) is 12.4 Å². The molecule has 0 spiro atoms. The summed E-state index contributed by atoms with van der Waals surface area (Å²) < 4.78 is 10.1. The topological polar surface area (TPSA) is 108 Å². The van der Waals surface area contributed by atoms with Crippen molar-refractivity contribution in [1.82, 2.24) is 5.32 Å². The van der Waals surface area contributed by atoms with Crippen molar-refractivity contribution in [3.63, 3.8) is 0 Å². The Kier molecular flexibility index (Phi) is 6.35. The molecule has 2 rings (SSSR count). The maximum absolute atomic E-state index is 12.2. The van der Waals surface area contributed by atoms with E-state index in [1.54, 1.807) is 12.1 Å². The Labute approximate surface area is 162 Å². The van der Waals surface area contributed by atoms with Gasteiger partial charge in [-0.2, -0.15) is 0 Å². The van der Waals surface area contributed by atoms with E-state index in [9.17, 15) is 19.7 Å². The van der Waals surface area contributed by atoms with Crippen LogP contribution in [0.15, 0.2) is 42.5 Å². The van der Waals surface area contributed by atoms with E-state index >= 15 is 0 Å². The van der Waals surface area contributed by atoms with Gasteiger partial charge in [0.25, 0.3) is 11.8 Å². The zero-order valence-electron chi connectivity index (χ0n) is 16.1. The van der Waals surface area contributed by atoms with Gasteiger partial charge < -0.3 is 9.47 Å². The number of hydrogen-bond donors (Lipinski definition) is 1. The van der Waals surface area contributed by atoms with Crippen LogP contribution in [0, 0.1) is 10.1 Å². The van der Waals surface area contributed by atoms with Crippen molar-refractivity contribution < 1.29 is 24.0 Å². The highest BCUT2D eigenvalue weighted by molar-refractivity contribution is 6.05. The van der Waals surface area contributed by atoms with Crippen molar-refractivity contribution in [2.75, 3.05) is 13.7 Å². The number of nitrogens with one attached hydrogen (secondary N) is 1. The van der Waals surface area contributed by atoms with Gasteiger partial charge in [0.1, 0.15) is 5.75 Å². The molecule has 0 aliphatic heterocycles. The van der Waals surface area contributed by atoms with Crippen LogP contribution in [-0.4, -0.2) is 30.5 Å². The second-order valence-corrected chi connectivity index (χ2v) is 7.08. The van der Waals surface area contributed by atoms with Gasteiger partial charge in [-0.05, 0) is 35.2 Å². The predicted octanol–water partition coefficient (Wildman–Crippen LogP) is 3.24. The molecule has 0 radical (unpaired) electrons. The summed E-state index contributed by atoms with van der Waals surface area (Å²) in [7, 11) is 1.38. The van der Waals surface area contributed by atoms with Gasteiger partial charge in [0.05, 0.1) is 18.1 Å². The van der Waals surface area contributed by atoms with E-state index in [0.717, 1.165) is 5.56 Å². The minimum atomic E-state index is -0.713. The van der Waals surface area contributed by atoms with Crippen LogP contribution in [0.1, 0.15) is 36.7 Å². The van der Waals surface area contributed by atoms with Crippen LogP contribution in [0.4, 0.5) is 5.69 Å². The number of nitro groups is 1. The van der Waals surface area contributed by atoms with E-state index in [-0.39, 0.29) is 22.6 Å². The lowest BCUT2D eigenvalue weighted by Gasteiger charge is -2.19. The van der Waals surface area contributed by atoms with E-state index in [4.69, 9.17) is 9.47 Å². The van der Waals surface area contributed by atoms with Crippen LogP contribution in [0.2, 0.25) is 0 Å². The fourth-order valence-electron chi connectivity index (χ4n) is 2.39. The van der Waals surface area contributed by atoms with Crippen LogP contribution in [0.3, 0.4) is 0 Å². The molecule has 2 aromatic rings. The van der Waals surface area contributed by atoms with Gasteiger partial charge in [-0.1, -0.05) is 32.9 Å². The molecular formula is C20H22N2O6. The molecule has 8 nitrogen and oxygen atoms in total. The zero-order chi connectivity index (χ0) is 20.9. The molecule has 2 aromatic carbocycles. The minimum absolute atomic E-state index is 0.0499. The molecule has 1 N–H and O–H groups in total. The second kappa shape index (κ2) is 8.51. The van der Waals surface area contributed by atoms with Gasteiger partial charge in [-0.25, -0.2) is 0 Å². The van der Waals surface area contributed by atoms with E-state index < -0.39 is 23.3 Å². The van der Waals surface area contributed by atoms with Crippen molar-refractivity contribution in [2.45, 2.75) is 26.2 Å². The number of rotatable bonds is 6. The number of carbonyl (C=O) groups excluding carboxylic acids is 2. The van der Waals surface area contributed by atoms with Crippen LogP contribution >= 0.6 is 0 Å². The Morgan fingerprint density at radius 3 is 2.29 bits per heavy atom. The van der Waals surface area contributed by atoms with Gasteiger partial charge in [-0.15, -0.1) is 0 Å². The Morgan fingerprint density at radius 1 is 1.11 bits per heavy atom. The Balaban J connectivity index is 1.99. The highest BCUT2D eigenvalue weighted by Crippen LogP contribution is 2.30. The number of hydrogen-bond acceptors (Lipinski definition) is 6. The molecular weight excluding hydrogens is 364 g/mol. The van der Waals surface area contributed by atoms with Gasteiger partial charge in [0, 0.05) is 5.56 Å². The quantitative estimate of drug-likeness (QED) is 0.603. The molecule has 0 aliphatic carbocycles. The molecule has 0 saturated heterocycles. The van der Waals surface area contributed by atoms with E-state index in [1.807, 2.05) is 12.1 Å². The third-order valence-electron chi connectivity index (χ3n) is 3.99. The van der Waals surface area contributed by atoms with Crippen LogP contribution < -0.4 is 14.8 Å². The number of benzene rings is 2. The van der Waals surface area contributed by atoms with Crippen molar-refractivity contribution in [2.24, 2.45) is 0 Å². The van der Waals surface area contributed by atoms with Gasteiger partial charge >= 0.3 is 5.69 Å². The SMILES string of the molecule is COc1ccc(OCC(=O)NC(=O)c2ccc(C(C)(C)C)cc2)c([N+](=O)[O-])c1. The number of carbonyl (C=O) groups is 2. The van der Waals surface area contributed by atoms with Gasteiger partial charge in [-0.3, -0.25) is 25.0 Å². The first kappa shape index (κ1) is 20.9. The maximum Gasteiger partial charge on any atom is 0.314 e. The molecule has 0 atom stereocenters. The Bertz CT molecular complexity index is 885. The smallest absolute Gasteiger partial charge is 0.314 e. The summed E-state index contributed by atoms with van der Waals surface area (Å²) in [6.07, 6.45) is 0. The Morgan fingerprint density at radius 2 is 1.75 bits per heavy atom. The van der Waals surface area contributed by atoms with E-state index in [1.165, 1.54) is 25.3 Å². The highest BCUT2D eigenvalue weighted by Gasteiger charge is 2.19. The lowest BCUT2D eigenvalue weighted by molar-refractivity contribution is -0.385. The molecule has 0 unspecified atom stereocenters. The van der Waals surface area contributed by atoms with Crippen LogP contribution in [0.5, 0.6) is 11.5 Å². The number of methoxy groups -OCH3 is 1. The lowest BCUT2D eigenvalue weighted by atomic mass is 9.87. The lowest BCUT2D eigenvalue weighted by Crippen LogP contribution is -2.34. The van der Waals surface area contributed by atoms with Crippen LogP contribution in [-0.2, 0) is 10.2 Å². The van der Waals surface area contributed by atoms with Crippen LogP contribution in [0.25, 0.3) is 0 Å². The number of imide groups is 1. The molecule has 0 fully saturated rings. The molecule has 148 valence electrons. The third-order valence-corrected chi connectivity index (χ3v) is 3.99. The predicted molar refractivity (Wildman–Crippen MR) is 103 cm³/mol. The number of ether oxygens (including phenoxy) is 2. The van der Waals surface area contributed by atoms with Crippen molar-refractivity contribution in [3.05, 3.63) is 63.7 Å². The second-order valence-electron chi connectivity index (χ2n) is 7.08. The summed E-state index contributed by atoms with van der Waals surface area (Å²) in [6, 6.07) is 10.9. The van der Waals surface area contributed by atoms with Crippen molar-refractivity contribution >= 4 is 17.5 Å². The summed E-state index contributed by atoms with van der Waals surface area (Å²) in [5, 5.41) is 13.3. The number of amides is 2. The molecule has 0 aromatic heterocycles. The maximum atomic E-state index is 12.2. The van der Waals surface area contributed by atoms with Crippen molar-refractivity contribution in [1.29, 1.82) is 0 Å². The fraction of sp³-hybridized carbons (Fsp3) is 0.300. The first-order chi connectivity index (χ1) is 13.1. The fourth-order valence-corrected chi connectivity index (χ4v) is 2.39. The zero-order valence-corrected chi connectivity index (χ0v) is 16.1. The summed E-state index contributed by atoms with van der Waals surface area (Å²) >= 11 is 0. The van der Waals surface area contributed by atoms with E-state index in [0.29, 0.717) is 5.56 Å². The molecule has 8 heteroatoms. The minimum Gasteiger partial charge on any atom is -0.496 e. The molecule has 0 heterocycles. The highest BCUT2D eigenvalue weighted by atomic mass is 16.6. The first-order valence-electron chi connectivity index (χ1n) is 8.52. The largest absolute Gasteiger partial charge is 0.496 e. The summed E-state index contributed by atoms with van der Waals surface area (Å²) in [5.41, 5.74) is 1.00. The third kappa shape index (κ3) is 5.29. The van der Waals surface area contributed by atoms with Crippen molar-refractivity contribution in [3.8, 4) is 11.5 Å². The molecule has 0 saturated carbocycles. The average Bonchev–Trinajstić information content (AvgIpc) is 2.65. The summed E-state index contributed by atoms with van der Waals surface area (Å²) in [4.78, 5) is 34.6. The first-order valence-corrected chi connectivity index (χ1v) is 8.52. The van der Waals surface area contributed by atoms with E-state index in [2.05, 4.69) is 26.1 Å². The van der Waals surface area contributed by atoms with Gasteiger partial charge in [0.2, 0.25) is 0 Å². The standard InChI is InChI=1S/C20H22N2O6/c1-20(2,3)14-7-5-13(6-8-14)19(24)21-18(23)12-28-17-10-9-15(27-4)11-16(17)22(25)26/h5-11H,12H2,1-4H3,(H,21,23,24). The molecule has 0 aliphatic rings. The molecule has 0 bridgehead atoms. The number of nitrogens with zero attached hydrogens (tertiary/aromatic N) is 1. The average molecular weight is 386 g/mol. The molecule has 28 heavy (non-hydrogen) atoms. The summed E-state index contributed by atoms with van der Waals surface area (Å²) in [5.74, 6) is -1.09. The number of nitro benzene ring substituents is 1. The molecule has 2 amide bonds. The normalized spacial score (nSPS) is 10.9. The Hall–Kier alpha value is -3.42. The monoisotopic (exact) mass is 386 g/mol. The summed E-state index contributed by atoms with van der Waals surface area (Å²) in [6.45, 7) is 5.63.